The largest absolute Gasteiger partial charge is 0.357 e. The van der Waals surface area contributed by atoms with Gasteiger partial charge in [-0.1, -0.05) is 18.2 Å². The number of hydrogen-bond acceptors (Lipinski definition) is 6. The summed E-state index contributed by atoms with van der Waals surface area (Å²) in [5, 5.41) is 2.97. The monoisotopic (exact) mass is 470 g/mol. The number of aromatic nitrogens is 1. The van der Waals surface area contributed by atoms with Crippen molar-refractivity contribution in [1.82, 2.24) is 14.6 Å². The number of carbonyl (C=O) groups excluding carboxylic acids is 2. The smallest absolute Gasteiger partial charge is 0.243 e. The molecular formula is C24H30N4O4S. The molecule has 0 spiro atoms. The van der Waals surface area contributed by atoms with E-state index in [1.54, 1.807) is 6.20 Å². The van der Waals surface area contributed by atoms with Gasteiger partial charge in [-0.2, -0.15) is 4.31 Å². The Bertz CT molecular complexity index is 1090. The first kappa shape index (κ1) is 23.4. The first-order chi connectivity index (χ1) is 15.8. The number of nitrogens with zero attached hydrogens (tertiary/aromatic N) is 3. The minimum atomic E-state index is -3.64. The second-order valence-corrected chi connectivity index (χ2v) is 10.6. The van der Waals surface area contributed by atoms with Gasteiger partial charge in [-0.3, -0.25) is 9.59 Å². The van der Waals surface area contributed by atoms with Crippen LogP contribution in [0, 0.1) is 5.92 Å². The van der Waals surface area contributed by atoms with E-state index in [0.717, 1.165) is 24.5 Å². The van der Waals surface area contributed by atoms with Crippen LogP contribution < -0.4 is 10.2 Å². The van der Waals surface area contributed by atoms with E-state index in [1.807, 2.05) is 12.1 Å². The molecule has 0 atom stereocenters. The summed E-state index contributed by atoms with van der Waals surface area (Å²) in [6.07, 6.45) is 5.16. The van der Waals surface area contributed by atoms with Crippen molar-refractivity contribution in [1.29, 1.82) is 0 Å². The number of carbonyl (C=O) groups is 2. The highest BCUT2D eigenvalue weighted by Crippen LogP contribution is 2.24. The molecular weight excluding hydrogens is 440 g/mol. The van der Waals surface area contributed by atoms with E-state index in [1.165, 1.54) is 48.3 Å². The first-order valence-corrected chi connectivity index (χ1v) is 12.9. The number of rotatable bonds is 7. The maximum atomic E-state index is 12.9. The molecule has 0 unspecified atom stereocenters. The summed E-state index contributed by atoms with van der Waals surface area (Å²) in [4.78, 5) is 31.0. The normalized spacial score (nSPS) is 17.8. The van der Waals surface area contributed by atoms with Crippen LogP contribution in [0.15, 0.2) is 47.5 Å². The van der Waals surface area contributed by atoms with Gasteiger partial charge in [0, 0.05) is 50.4 Å². The Morgan fingerprint density at radius 1 is 1.00 bits per heavy atom. The van der Waals surface area contributed by atoms with Crippen molar-refractivity contribution < 1.29 is 18.0 Å². The van der Waals surface area contributed by atoms with Crippen molar-refractivity contribution in [2.75, 3.05) is 31.1 Å². The summed E-state index contributed by atoms with van der Waals surface area (Å²) in [7, 11) is -3.64. The van der Waals surface area contributed by atoms with Gasteiger partial charge in [0.2, 0.25) is 15.9 Å². The van der Waals surface area contributed by atoms with Crippen LogP contribution in [0.25, 0.3) is 0 Å². The summed E-state index contributed by atoms with van der Waals surface area (Å²) < 4.78 is 27.2. The average Bonchev–Trinajstić information content (AvgIpc) is 3.38. The Hall–Kier alpha value is -2.78. The Morgan fingerprint density at radius 2 is 1.67 bits per heavy atom. The molecule has 3 heterocycles. The predicted octanol–water partition coefficient (Wildman–Crippen LogP) is 2.60. The number of benzene rings is 1. The van der Waals surface area contributed by atoms with Crippen molar-refractivity contribution in [3.63, 3.8) is 0 Å². The molecule has 0 saturated carbocycles. The number of ketones is 1. The van der Waals surface area contributed by atoms with Crippen LogP contribution in [-0.2, 0) is 21.4 Å². The van der Waals surface area contributed by atoms with Crippen LogP contribution >= 0.6 is 0 Å². The van der Waals surface area contributed by atoms with Crippen LogP contribution in [0.2, 0.25) is 0 Å². The van der Waals surface area contributed by atoms with Crippen LogP contribution in [-0.4, -0.2) is 55.6 Å². The summed E-state index contributed by atoms with van der Waals surface area (Å²) in [6, 6.07) is 9.98. The van der Waals surface area contributed by atoms with Gasteiger partial charge in [0.1, 0.15) is 5.82 Å². The molecule has 1 N–H and O–H groups in total. The molecule has 176 valence electrons. The molecule has 2 aliphatic heterocycles. The van der Waals surface area contributed by atoms with Crippen LogP contribution in [0.3, 0.4) is 0 Å². The Labute approximate surface area is 195 Å². The minimum absolute atomic E-state index is 0.0542. The van der Waals surface area contributed by atoms with E-state index in [0.29, 0.717) is 38.0 Å². The lowest BCUT2D eigenvalue weighted by Crippen LogP contribution is -2.42. The maximum Gasteiger partial charge on any atom is 0.243 e. The zero-order valence-electron chi connectivity index (χ0n) is 18.9. The van der Waals surface area contributed by atoms with E-state index in [4.69, 9.17) is 0 Å². The lowest BCUT2D eigenvalue weighted by Gasteiger charge is -2.30. The summed E-state index contributed by atoms with van der Waals surface area (Å²) >= 11 is 0. The first-order valence-electron chi connectivity index (χ1n) is 11.4. The van der Waals surface area contributed by atoms with Crippen LogP contribution in [0.1, 0.15) is 48.5 Å². The standard InChI is InChI=1S/C24H30N4O4S/c1-18(29)20-5-7-22(8-6-20)33(31,32)28-14-10-21(11-15-28)24(30)26-17-19-4-9-23(25-16-19)27-12-2-3-13-27/h4-9,16,21H,2-3,10-15,17H2,1H3,(H,26,30). The van der Waals surface area contributed by atoms with Crippen molar-refractivity contribution in [3.8, 4) is 0 Å². The number of Topliss-reactive ketones (excluding diaryl/α,β-unsaturated/α-hetero) is 1. The summed E-state index contributed by atoms with van der Waals surface area (Å²) in [6.45, 7) is 4.52. The average molecular weight is 471 g/mol. The predicted molar refractivity (Wildman–Crippen MR) is 125 cm³/mol. The number of pyridine rings is 1. The second-order valence-electron chi connectivity index (χ2n) is 8.70. The van der Waals surface area contributed by atoms with Gasteiger partial charge in [-0.15, -0.1) is 0 Å². The molecule has 33 heavy (non-hydrogen) atoms. The Morgan fingerprint density at radius 3 is 2.24 bits per heavy atom. The van der Waals surface area contributed by atoms with Gasteiger partial charge in [0.15, 0.2) is 5.78 Å². The van der Waals surface area contributed by atoms with Gasteiger partial charge in [-0.05, 0) is 56.4 Å². The fraction of sp³-hybridized carbons (Fsp3) is 0.458. The van der Waals surface area contributed by atoms with Gasteiger partial charge in [0.05, 0.1) is 4.90 Å². The van der Waals surface area contributed by atoms with E-state index >= 15 is 0 Å². The topological polar surface area (TPSA) is 99.7 Å². The Balaban J connectivity index is 1.27. The second kappa shape index (κ2) is 10.0. The third-order valence-electron chi connectivity index (χ3n) is 6.43. The molecule has 0 bridgehead atoms. The highest BCUT2D eigenvalue weighted by molar-refractivity contribution is 7.89. The fourth-order valence-electron chi connectivity index (χ4n) is 4.36. The Kier molecular flexibility index (Phi) is 7.09. The molecule has 2 saturated heterocycles. The summed E-state index contributed by atoms with van der Waals surface area (Å²) in [5.41, 5.74) is 1.42. The maximum absolute atomic E-state index is 12.9. The molecule has 0 radical (unpaired) electrons. The van der Waals surface area contributed by atoms with Crippen molar-refractivity contribution in [2.24, 2.45) is 5.92 Å². The lowest BCUT2D eigenvalue weighted by atomic mass is 9.97. The third-order valence-corrected chi connectivity index (χ3v) is 8.34. The van der Waals surface area contributed by atoms with E-state index in [2.05, 4.69) is 15.2 Å². The van der Waals surface area contributed by atoms with Crippen molar-refractivity contribution in [3.05, 3.63) is 53.7 Å². The lowest BCUT2D eigenvalue weighted by molar-refractivity contribution is -0.126. The van der Waals surface area contributed by atoms with Gasteiger partial charge < -0.3 is 10.2 Å². The molecule has 8 nitrogen and oxygen atoms in total. The molecule has 4 rings (SSSR count). The zero-order chi connectivity index (χ0) is 23.4. The van der Waals surface area contributed by atoms with Gasteiger partial charge >= 0.3 is 0 Å². The SMILES string of the molecule is CC(=O)c1ccc(S(=O)(=O)N2CCC(C(=O)NCc3ccc(N4CCCC4)nc3)CC2)cc1. The van der Waals surface area contributed by atoms with E-state index < -0.39 is 10.0 Å². The number of anilines is 1. The number of amides is 1. The highest BCUT2D eigenvalue weighted by Gasteiger charge is 2.32. The highest BCUT2D eigenvalue weighted by atomic mass is 32.2. The van der Waals surface area contributed by atoms with Gasteiger partial charge in [-0.25, -0.2) is 13.4 Å². The number of sulfonamides is 1. The number of hydrogen-bond donors (Lipinski definition) is 1. The third kappa shape index (κ3) is 5.42. The van der Waals surface area contributed by atoms with E-state index in [-0.39, 0.29) is 22.5 Å². The van der Waals surface area contributed by atoms with Crippen LogP contribution in [0.4, 0.5) is 5.82 Å². The minimum Gasteiger partial charge on any atom is -0.357 e. The van der Waals surface area contributed by atoms with E-state index in [9.17, 15) is 18.0 Å². The van der Waals surface area contributed by atoms with Crippen LogP contribution in [0.5, 0.6) is 0 Å². The zero-order valence-corrected chi connectivity index (χ0v) is 19.7. The van der Waals surface area contributed by atoms with Gasteiger partial charge in [0.25, 0.3) is 0 Å². The molecule has 1 aromatic heterocycles. The molecule has 2 aliphatic rings. The fourth-order valence-corrected chi connectivity index (χ4v) is 5.83. The molecule has 1 amide bonds. The molecule has 2 aromatic rings. The van der Waals surface area contributed by atoms with Crippen molar-refractivity contribution in [2.45, 2.75) is 44.0 Å². The van der Waals surface area contributed by atoms with Crippen molar-refractivity contribution >= 4 is 27.5 Å². The molecule has 1 aromatic carbocycles. The molecule has 0 aliphatic carbocycles. The molecule has 2 fully saturated rings. The number of nitrogens with one attached hydrogen (secondary N) is 1. The molecule has 9 heteroatoms. The quantitative estimate of drug-likeness (QED) is 0.625. The number of piperidine rings is 1. The summed E-state index contributed by atoms with van der Waals surface area (Å²) in [5.74, 6) is 0.603.